The fourth-order valence-corrected chi connectivity index (χ4v) is 1.42. The molecule has 1 rings (SSSR count). The van der Waals surface area contributed by atoms with E-state index in [4.69, 9.17) is 5.73 Å². The number of hydrogen-bond donors (Lipinski definition) is 2. The normalized spacial score (nSPS) is 11.5. The van der Waals surface area contributed by atoms with Crippen molar-refractivity contribution >= 4 is 5.91 Å². The Kier molecular flexibility index (Phi) is 4.69. The molecule has 5 nitrogen and oxygen atoms in total. The van der Waals surface area contributed by atoms with Crippen molar-refractivity contribution in [3.8, 4) is 0 Å². The lowest BCUT2D eigenvalue weighted by atomic mass is 10.00. The summed E-state index contributed by atoms with van der Waals surface area (Å²) < 4.78 is 1.82. The Bertz CT molecular complexity index is 365. The van der Waals surface area contributed by atoms with Crippen LogP contribution in [0, 0.1) is 6.92 Å². The van der Waals surface area contributed by atoms with Crippen LogP contribution in [-0.2, 0) is 11.3 Å². The molecule has 1 heterocycles. The highest BCUT2D eigenvalue weighted by Gasteiger charge is 2.12. The first-order valence-electron chi connectivity index (χ1n) is 5.91. The molecule has 0 aliphatic heterocycles. The maximum atomic E-state index is 11.5. The van der Waals surface area contributed by atoms with Gasteiger partial charge in [0.2, 0.25) is 5.91 Å². The van der Waals surface area contributed by atoms with Crippen LogP contribution >= 0.6 is 0 Å². The van der Waals surface area contributed by atoms with Crippen molar-refractivity contribution in [2.45, 2.75) is 45.7 Å². The van der Waals surface area contributed by atoms with Crippen molar-refractivity contribution in [2.75, 3.05) is 6.54 Å². The van der Waals surface area contributed by atoms with E-state index in [0.29, 0.717) is 25.9 Å². The molecule has 0 atom stereocenters. The highest BCUT2D eigenvalue weighted by molar-refractivity contribution is 5.75. The van der Waals surface area contributed by atoms with Gasteiger partial charge in [0, 0.05) is 24.7 Å². The van der Waals surface area contributed by atoms with Crippen molar-refractivity contribution in [2.24, 2.45) is 5.73 Å². The van der Waals surface area contributed by atoms with E-state index in [0.717, 1.165) is 5.56 Å². The summed E-state index contributed by atoms with van der Waals surface area (Å²) in [6, 6.07) is 0. The van der Waals surface area contributed by atoms with Gasteiger partial charge in [-0.25, -0.2) is 0 Å². The van der Waals surface area contributed by atoms with E-state index >= 15 is 0 Å². The molecule has 5 heteroatoms. The molecule has 0 bridgehead atoms. The van der Waals surface area contributed by atoms with Gasteiger partial charge in [-0.05, 0) is 32.8 Å². The first kappa shape index (κ1) is 13.7. The van der Waals surface area contributed by atoms with E-state index in [-0.39, 0.29) is 11.4 Å². The number of aryl methyl sites for hydroxylation is 1. The lowest BCUT2D eigenvalue weighted by molar-refractivity contribution is -0.121. The summed E-state index contributed by atoms with van der Waals surface area (Å²) in [4.78, 5) is 11.5. The summed E-state index contributed by atoms with van der Waals surface area (Å²) in [5.41, 5.74) is 6.66. The maximum absolute atomic E-state index is 11.5. The predicted octanol–water partition coefficient (Wildman–Crippen LogP) is 0.825. The third-order valence-corrected chi connectivity index (χ3v) is 2.42. The molecular weight excluding hydrogens is 216 g/mol. The van der Waals surface area contributed by atoms with Gasteiger partial charge in [-0.2, -0.15) is 5.10 Å². The molecule has 0 saturated carbocycles. The second-order valence-electron chi connectivity index (χ2n) is 5.12. The fourth-order valence-electron chi connectivity index (χ4n) is 1.42. The van der Waals surface area contributed by atoms with Crippen LogP contribution in [0.1, 0.15) is 32.3 Å². The number of carbonyl (C=O) groups is 1. The highest BCUT2D eigenvalue weighted by Crippen LogP contribution is 2.06. The molecule has 1 aromatic rings. The largest absolute Gasteiger partial charge is 0.354 e. The number of nitrogens with one attached hydrogen (secondary N) is 1. The summed E-state index contributed by atoms with van der Waals surface area (Å²) in [5.74, 6) is 0.0485. The summed E-state index contributed by atoms with van der Waals surface area (Å²) in [7, 11) is 0. The average Bonchev–Trinajstić information content (AvgIpc) is 2.60. The van der Waals surface area contributed by atoms with E-state index in [1.54, 1.807) is 6.20 Å². The van der Waals surface area contributed by atoms with Crippen molar-refractivity contribution in [3.05, 3.63) is 18.0 Å². The Morgan fingerprint density at radius 1 is 1.59 bits per heavy atom. The molecule has 0 aliphatic rings. The summed E-state index contributed by atoms with van der Waals surface area (Å²) >= 11 is 0. The SMILES string of the molecule is Cc1cnn(CCNC(=O)CCC(C)(C)N)c1. The van der Waals surface area contributed by atoms with Gasteiger partial charge in [-0.1, -0.05) is 0 Å². The van der Waals surface area contributed by atoms with Gasteiger partial charge in [-0.15, -0.1) is 0 Å². The quantitative estimate of drug-likeness (QED) is 0.771. The molecule has 96 valence electrons. The average molecular weight is 238 g/mol. The monoisotopic (exact) mass is 238 g/mol. The van der Waals surface area contributed by atoms with Crippen LogP contribution in [0.4, 0.5) is 0 Å². The number of hydrogen-bond acceptors (Lipinski definition) is 3. The van der Waals surface area contributed by atoms with Gasteiger partial charge in [0.25, 0.3) is 0 Å². The van der Waals surface area contributed by atoms with E-state index in [9.17, 15) is 4.79 Å². The molecule has 1 aromatic heterocycles. The highest BCUT2D eigenvalue weighted by atomic mass is 16.1. The van der Waals surface area contributed by atoms with Crippen LogP contribution in [0.25, 0.3) is 0 Å². The Balaban J connectivity index is 2.16. The topological polar surface area (TPSA) is 72.9 Å². The Labute approximate surface area is 102 Å². The number of carbonyl (C=O) groups excluding carboxylic acids is 1. The fraction of sp³-hybridized carbons (Fsp3) is 0.667. The molecule has 0 unspecified atom stereocenters. The summed E-state index contributed by atoms with van der Waals surface area (Å²) in [5, 5.41) is 7.00. The third-order valence-electron chi connectivity index (χ3n) is 2.42. The van der Waals surface area contributed by atoms with Crippen molar-refractivity contribution in [1.82, 2.24) is 15.1 Å². The summed E-state index contributed by atoms with van der Waals surface area (Å²) in [6.07, 6.45) is 4.93. The number of nitrogens with zero attached hydrogens (tertiary/aromatic N) is 2. The van der Waals surface area contributed by atoms with Crippen molar-refractivity contribution in [1.29, 1.82) is 0 Å². The van der Waals surface area contributed by atoms with Gasteiger partial charge >= 0.3 is 0 Å². The van der Waals surface area contributed by atoms with Gasteiger partial charge in [0.15, 0.2) is 0 Å². The van der Waals surface area contributed by atoms with Crippen LogP contribution in [0.3, 0.4) is 0 Å². The molecule has 0 aromatic carbocycles. The van der Waals surface area contributed by atoms with Crippen LogP contribution in [0.2, 0.25) is 0 Å². The minimum atomic E-state index is -0.281. The number of aromatic nitrogens is 2. The second-order valence-corrected chi connectivity index (χ2v) is 5.12. The van der Waals surface area contributed by atoms with E-state index in [1.165, 1.54) is 0 Å². The number of nitrogens with two attached hydrogens (primary N) is 1. The maximum Gasteiger partial charge on any atom is 0.220 e. The lowest BCUT2D eigenvalue weighted by Gasteiger charge is -2.17. The molecule has 0 aliphatic carbocycles. The Morgan fingerprint density at radius 2 is 2.29 bits per heavy atom. The number of rotatable bonds is 6. The number of amides is 1. The standard InChI is InChI=1S/C12H22N4O/c1-10-8-15-16(9-10)7-6-14-11(17)4-5-12(2,3)13/h8-9H,4-7,13H2,1-3H3,(H,14,17). The van der Waals surface area contributed by atoms with E-state index in [2.05, 4.69) is 10.4 Å². The molecular formula is C12H22N4O. The minimum Gasteiger partial charge on any atom is -0.354 e. The van der Waals surface area contributed by atoms with Crippen LogP contribution < -0.4 is 11.1 Å². The Hall–Kier alpha value is -1.36. The third kappa shape index (κ3) is 6.06. The van der Waals surface area contributed by atoms with Gasteiger partial charge in [0.05, 0.1) is 12.7 Å². The van der Waals surface area contributed by atoms with E-state index < -0.39 is 0 Å². The molecule has 3 N–H and O–H groups in total. The van der Waals surface area contributed by atoms with Crippen LogP contribution in [0.15, 0.2) is 12.4 Å². The molecule has 0 spiro atoms. The summed E-state index contributed by atoms with van der Waals surface area (Å²) in [6.45, 7) is 7.14. The van der Waals surface area contributed by atoms with E-state index in [1.807, 2.05) is 31.6 Å². The molecule has 0 saturated heterocycles. The van der Waals surface area contributed by atoms with Gasteiger partial charge < -0.3 is 11.1 Å². The minimum absolute atomic E-state index is 0.0485. The van der Waals surface area contributed by atoms with Gasteiger partial charge in [-0.3, -0.25) is 9.48 Å². The van der Waals surface area contributed by atoms with Gasteiger partial charge in [0.1, 0.15) is 0 Å². The zero-order chi connectivity index (χ0) is 12.9. The molecule has 17 heavy (non-hydrogen) atoms. The predicted molar refractivity (Wildman–Crippen MR) is 67.5 cm³/mol. The van der Waals surface area contributed by atoms with Crippen LogP contribution in [0.5, 0.6) is 0 Å². The first-order valence-corrected chi connectivity index (χ1v) is 5.91. The van der Waals surface area contributed by atoms with Crippen molar-refractivity contribution in [3.63, 3.8) is 0 Å². The molecule has 0 radical (unpaired) electrons. The smallest absolute Gasteiger partial charge is 0.220 e. The first-order chi connectivity index (χ1) is 7.87. The van der Waals surface area contributed by atoms with Crippen LogP contribution in [-0.4, -0.2) is 27.8 Å². The molecule has 0 fully saturated rings. The molecule has 1 amide bonds. The Morgan fingerprint density at radius 3 is 2.82 bits per heavy atom. The zero-order valence-corrected chi connectivity index (χ0v) is 10.9. The second kappa shape index (κ2) is 5.82. The lowest BCUT2D eigenvalue weighted by Crippen LogP contribution is -2.35. The van der Waals surface area contributed by atoms with Crippen molar-refractivity contribution < 1.29 is 4.79 Å². The zero-order valence-electron chi connectivity index (χ0n) is 10.9.